The number of hydrogen-bond acceptors (Lipinski definition) is 4. The average Bonchev–Trinajstić information content (AvgIpc) is 3.33. The summed E-state index contributed by atoms with van der Waals surface area (Å²) in [5.74, 6) is -0.0771. The van der Waals surface area contributed by atoms with Gasteiger partial charge in [-0.1, -0.05) is 57.2 Å². The van der Waals surface area contributed by atoms with Crippen molar-refractivity contribution in [1.29, 1.82) is 0 Å². The van der Waals surface area contributed by atoms with Crippen LogP contribution in [-0.2, 0) is 4.79 Å². The summed E-state index contributed by atoms with van der Waals surface area (Å²) >= 11 is 0. The molecule has 6 heteroatoms. The number of fused-ring (bicyclic) bond motifs is 2. The predicted octanol–water partition coefficient (Wildman–Crippen LogP) is 2.55. The zero-order valence-corrected chi connectivity index (χ0v) is 17.2. The lowest BCUT2D eigenvalue weighted by atomic mass is 9.86. The quantitative estimate of drug-likeness (QED) is 0.871. The van der Waals surface area contributed by atoms with Gasteiger partial charge < -0.3 is 15.5 Å². The molecule has 3 unspecified atom stereocenters. The van der Waals surface area contributed by atoms with Gasteiger partial charge in [-0.25, -0.2) is 0 Å². The standard InChI is InChI=1S/C23H28N4O2/c1-23(2,3)20(24)22(29)27-14-17-11-18(27)13-26(17)21(28)19-10-9-16(12-25-19)15-7-5-4-6-8-15/h4-10,12,17-18,20H,11,13-14,24H2,1-3H3. The zero-order valence-electron chi connectivity index (χ0n) is 17.2. The largest absolute Gasteiger partial charge is 0.334 e. The molecule has 0 radical (unpaired) electrons. The maximum atomic E-state index is 13.0. The number of hydrogen-bond donors (Lipinski definition) is 1. The van der Waals surface area contributed by atoms with Gasteiger partial charge in [0.1, 0.15) is 5.69 Å². The van der Waals surface area contributed by atoms with Gasteiger partial charge in [0, 0.05) is 24.8 Å². The highest BCUT2D eigenvalue weighted by molar-refractivity contribution is 5.93. The van der Waals surface area contributed by atoms with Crippen LogP contribution >= 0.6 is 0 Å². The number of likely N-dealkylation sites (tertiary alicyclic amines) is 2. The Balaban J connectivity index is 1.43. The maximum Gasteiger partial charge on any atom is 0.272 e. The molecule has 2 aliphatic heterocycles. The van der Waals surface area contributed by atoms with E-state index in [9.17, 15) is 9.59 Å². The third-order valence-electron chi connectivity index (χ3n) is 6.07. The van der Waals surface area contributed by atoms with E-state index >= 15 is 0 Å². The number of nitrogens with two attached hydrogens (primary N) is 1. The molecule has 0 saturated carbocycles. The second-order valence-electron chi connectivity index (χ2n) is 9.13. The van der Waals surface area contributed by atoms with Crippen molar-refractivity contribution >= 4 is 11.8 Å². The van der Waals surface area contributed by atoms with Gasteiger partial charge in [-0.05, 0) is 23.5 Å². The number of benzene rings is 1. The molecule has 1 aromatic heterocycles. The van der Waals surface area contributed by atoms with E-state index in [-0.39, 0.29) is 29.3 Å². The minimum Gasteiger partial charge on any atom is -0.334 e. The highest BCUT2D eigenvalue weighted by Gasteiger charge is 2.49. The topological polar surface area (TPSA) is 79.5 Å². The lowest BCUT2D eigenvalue weighted by Gasteiger charge is -2.37. The van der Waals surface area contributed by atoms with Crippen molar-refractivity contribution in [2.24, 2.45) is 11.1 Å². The van der Waals surface area contributed by atoms with E-state index in [4.69, 9.17) is 5.73 Å². The van der Waals surface area contributed by atoms with Crippen LogP contribution in [0.25, 0.3) is 11.1 Å². The smallest absolute Gasteiger partial charge is 0.272 e. The Morgan fingerprint density at radius 3 is 2.21 bits per heavy atom. The number of rotatable bonds is 3. The molecule has 2 aliphatic rings. The second kappa shape index (κ2) is 7.26. The SMILES string of the molecule is CC(C)(C)C(N)C(=O)N1CC2CC1CN2C(=O)c1ccc(-c2ccccc2)cn1. The molecule has 152 valence electrons. The summed E-state index contributed by atoms with van der Waals surface area (Å²) in [6.07, 6.45) is 2.56. The van der Waals surface area contributed by atoms with E-state index in [0.717, 1.165) is 17.5 Å². The molecule has 29 heavy (non-hydrogen) atoms. The van der Waals surface area contributed by atoms with Gasteiger partial charge in [0.25, 0.3) is 5.91 Å². The molecular formula is C23H28N4O2. The van der Waals surface area contributed by atoms with Crippen molar-refractivity contribution in [3.8, 4) is 11.1 Å². The van der Waals surface area contributed by atoms with Crippen molar-refractivity contribution in [2.45, 2.75) is 45.3 Å². The number of amides is 2. The fourth-order valence-electron chi connectivity index (χ4n) is 4.20. The highest BCUT2D eigenvalue weighted by atomic mass is 16.2. The Labute approximate surface area is 171 Å². The van der Waals surface area contributed by atoms with Crippen LogP contribution in [0.3, 0.4) is 0 Å². The Kier molecular flexibility index (Phi) is 4.90. The van der Waals surface area contributed by atoms with E-state index < -0.39 is 6.04 Å². The number of nitrogens with zero attached hydrogens (tertiary/aromatic N) is 3. The van der Waals surface area contributed by atoms with Gasteiger partial charge in [0.2, 0.25) is 5.91 Å². The first-order valence-corrected chi connectivity index (χ1v) is 10.1. The highest BCUT2D eigenvalue weighted by Crippen LogP contribution is 2.33. The first-order valence-electron chi connectivity index (χ1n) is 10.1. The molecule has 2 amide bonds. The van der Waals surface area contributed by atoms with Crippen LogP contribution in [0.2, 0.25) is 0 Å². The van der Waals surface area contributed by atoms with E-state index in [1.165, 1.54) is 0 Å². The van der Waals surface area contributed by atoms with E-state index in [0.29, 0.717) is 18.8 Å². The zero-order chi connectivity index (χ0) is 20.8. The first-order chi connectivity index (χ1) is 13.8. The van der Waals surface area contributed by atoms with Gasteiger partial charge in [-0.15, -0.1) is 0 Å². The normalized spacial score (nSPS) is 22.1. The minimum atomic E-state index is -0.529. The summed E-state index contributed by atoms with van der Waals surface area (Å²) in [7, 11) is 0. The van der Waals surface area contributed by atoms with Crippen LogP contribution in [-0.4, -0.2) is 57.8 Å². The van der Waals surface area contributed by atoms with Gasteiger partial charge in [0.15, 0.2) is 0 Å². The Hall–Kier alpha value is -2.73. The number of aromatic nitrogens is 1. The van der Waals surface area contributed by atoms with Crippen LogP contribution in [0.15, 0.2) is 48.7 Å². The Bertz CT molecular complexity index is 905. The summed E-state index contributed by atoms with van der Waals surface area (Å²) in [5.41, 5.74) is 8.40. The van der Waals surface area contributed by atoms with Crippen molar-refractivity contribution < 1.29 is 9.59 Å². The molecule has 3 atom stereocenters. The fourth-order valence-corrected chi connectivity index (χ4v) is 4.20. The van der Waals surface area contributed by atoms with E-state index in [2.05, 4.69) is 4.98 Å². The molecule has 2 fully saturated rings. The first kappa shape index (κ1) is 19.6. The Morgan fingerprint density at radius 1 is 1.00 bits per heavy atom. The van der Waals surface area contributed by atoms with Crippen LogP contribution in [0, 0.1) is 5.41 Å². The fraction of sp³-hybridized carbons (Fsp3) is 0.435. The number of carbonyl (C=O) groups is 2. The van der Waals surface area contributed by atoms with E-state index in [1.807, 2.05) is 67.0 Å². The van der Waals surface area contributed by atoms with Gasteiger partial charge in [-0.3, -0.25) is 14.6 Å². The molecule has 3 heterocycles. The van der Waals surface area contributed by atoms with Gasteiger partial charge in [0.05, 0.1) is 18.1 Å². The third kappa shape index (κ3) is 3.65. The summed E-state index contributed by atoms with van der Waals surface area (Å²) in [4.78, 5) is 33.9. The molecule has 2 N–H and O–H groups in total. The van der Waals surface area contributed by atoms with Crippen molar-refractivity contribution in [2.75, 3.05) is 13.1 Å². The number of pyridine rings is 1. The molecule has 2 saturated heterocycles. The lowest BCUT2D eigenvalue weighted by Crippen LogP contribution is -2.57. The molecule has 6 nitrogen and oxygen atoms in total. The minimum absolute atomic E-state index is 0.0116. The second-order valence-corrected chi connectivity index (χ2v) is 9.13. The Morgan fingerprint density at radius 2 is 1.66 bits per heavy atom. The molecule has 2 aromatic rings. The lowest BCUT2D eigenvalue weighted by molar-refractivity contribution is -0.137. The molecule has 0 spiro atoms. The molecule has 2 bridgehead atoms. The summed E-state index contributed by atoms with van der Waals surface area (Å²) in [5, 5.41) is 0. The summed E-state index contributed by atoms with van der Waals surface area (Å²) in [6.45, 7) is 7.04. The molecule has 0 aliphatic carbocycles. The number of piperazine rings is 1. The molecular weight excluding hydrogens is 364 g/mol. The molecule has 4 rings (SSSR count). The third-order valence-corrected chi connectivity index (χ3v) is 6.07. The van der Waals surface area contributed by atoms with Crippen LogP contribution in [0.5, 0.6) is 0 Å². The van der Waals surface area contributed by atoms with Crippen molar-refractivity contribution in [1.82, 2.24) is 14.8 Å². The summed E-state index contributed by atoms with van der Waals surface area (Å²) in [6, 6.07) is 13.3. The van der Waals surface area contributed by atoms with Gasteiger partial charge >= 0.3 is 0 Å². The monoisotopic (exact) mass is 392 g/mol. The van der Waals surface area contributed by atoms with Crippen LogP contribution < -0.4 is 5.73 Å². The average molecular weight is 393 g/mol. The van der Waals surface area contributed by atoms with Gasteiger partial charge in [-0.2, -0.15) is 0 Å². The van der Waals surface area contributed by atoms with E-state index in [1.54, 1.807) is 12.3 Å². The van der Waals surface area contributed by atoms with Crippen LogP contribution in [0.4, 0.5) is 0 Å². The predicted molar refractivity (Wildman–Crippen MR) is 112 cm³/mol. The molecule has 1 aromatic carbocycles. The number of carbonyl (C=O) groups excluding carboxylic acids is 2. The van der Waals surface area contributed by atoms with Crippen LogP contribution in [0.1, 0.15) is 37.7 Å². The summed E-state index contributed by atoms with van der Waals surface area (Å²) < 4.78 is 0. The van der Waals surface area contributed by atoms with Crippen molar-refractivity contribution in [3.63, 3.8) is 0 Å². The maximum absolute atomic E-state index is 13.0. The van der Waals surface area contributed by atoms with Crippen molar-refractivity contribution in [3.05, 3.63) is 54.4 Å².